The van der Waals surface area contributed by atoms with Gasteiger partial charge in [-0.2, -0.15) is 0 Å². The molecule has 2 aromatic carbocycles. The van der Waals surface area contributed by atoms with E-state index in [4.69, 9.17) is 20.8 Å². The number of esters is 1. The fourth-order valence-electron chi connectivity index (χ4n) is 2.53. The molecule has 0 aliphatic heterocycles. The summed E-state index contributed by atoms with van der Waals surface area (Å²) in [6, 6.07) is 15.0. The molecule has 0 N–H and O–H groups in total. The van der Waals surface area contributed by atoms with E-state index in [2.05, 4.69) is 15.2 Å². The van der Waals surface area contributed by atoms with Crippen molar-refractivity contribution in [1.29, 1.82) is 0 Å². The summed E-state index contributed by atoms with van der Waals surface area (Å²) in [4.78, 5) is 16.9. The molecule has 8 heteroatoms. The maximum absolute atomic E-state index is 12.3. The first-order valence-electron chi connectivity index (χ1n) is 8.37. The molecule has 0 spiro atoms. The fourth-order valence-corrected chi connectivity index (χ4v) is 3.66. The van der Waals surface area contributed by atoms with E-state index in [1.54, 1.807) is 6.07 Å². The van der Waals surface area contributed by atoms with Crippen LogP contribution >= 0.6 is 22.9 Å². The number of ether oxygens (including phenoxy) is 1. The predicted molar refractivity (Wildman–Crippen MR) is 106 cm³/mol. The van der Waals surface area contributed by atoms with Crippen LogP contribution in [0.25, 0.3) is 22.0 Å². The van der Waals surface area contributed by atoms with Gasteiger partial charge in [-0.1, -0.05) is 47.5 Å². The van der Waals surface area contributed by atoms with Gasteiger partial charge >= 0.3 is 5.97 Å². The monoisotopic (exact) mass is 411 g/mol. The minimum absolute atomic E-state index is 0.114. The Hall–Kier alpha value is -3.03. The highest BCUT2D eigenvalue weighted by Gasteiger charge is 2.16. The highest BCUT2D eigenvalue weighted by Crippen LogP contribution is 2.31. The average molecular weight is 412 g/mol. The van der Waals surface area contributed by atoms with E-state index in [0.717, 1.165) is 16.7 Å². The molecule has 2 heterocycles. The van der Waals surface area contributed by atoms with Gasteiger partial charge in [0.05, 0.1) is 11.2 Å². The number of rotatable bonds is 5. The number of hydrogen-bond donors (Lipinski definition) is 0. The number of nitrogens with zero attached hydrogens (tertiary/aromatic N) is 3. The molecule has 0 radical (unpaired) electrons. The Morgan fingerprint density at radius 1 is 1.18 bits per heavy atom. The van der Waals surface area contributed by atoms with Gasteiger partial charge in [-0.05, 0) is 25.1 Å². The van der Waals surface area contributed by atoms with Crippen LogP contribution in [0, 0.1) is 6.92 Å². The van der Waals surface area contributed by atoms with Crippen molar-refractivity contribution in [3.8, 4) is 22.0 Å². The third-order valence-electron chi connectivity index (χ3n) is 3.87. The van der Waals surface area contributed by atoms with Gasteiger partial charge in [0.25, 0.3) is 5.89 Å². The highest BCUT2D eigenvalue weighted by atomic mass is 35.5. The van der Waals surface area contributed by atoms with Crippen LogP contribution in [0.2, 0.25) is 5.02 Å². The molecule has 4 rings (SSSR count). The third kappa shape index (κ3) is 3.95. The topological polar surface area (TPSA) is 78.1 Å². The van der Waals surface area contributed by atoms with Gasteiger partial charge in [0.15, 0.2) is 6.61 Å². The zero-order chi connectivity index (χ0) is 19.5. The van der Waals surface area contributed by atoms with Crippen LogP contribution < -0.4 is 0 Å². The molecule has 0 aliphatic rings. The molecule has 4 aromatic rings. The van der Waals surface area contributed by atoms with Crippen molar-refractivity contribution >= 4 is 28.9 Å². The van der Waals surface area contributed by atoms with Gasteiger partial charge in [-0.25, -0.2) is 9.78 Å². The van der Waals surface area contributed by atoms with Gasteiger partial charge in [0, 0.05) is 11.1 Å². The Morgan fingerprint density at radius 2 is 2.04 bits per heavy atom. The lowest BCUT2D eigenvalue weighted by Crippen LogP contribution is -2.03. The number of carbonyl (C=O) groups is 1. The van der Waals surface area contributed by atoms with Crippen LogP contribution in [0.3, 0.4) is 0 Å². The summed E-state index contributed by atoms with van der Waals surface area (Å²) in [5.41, 5.74) is 2.67. The number of aromatic nitrogens is 3. The second-order valence-corrected chi connectivity index (χ2v) is 7.39. The molecule has 28 heavy (non-hydrogen) atoms. The van der Waals surface area contributed by atoms with Crippen molar-refractivity contribution in [3.05, 3.63) is 76.1 Å². The summed E-state index contributed by atoms with van der Waals surface area (Å²) in [7, 11) is 0. The Kier molecular flexibility index (Phi) is 5.18. The van der Waals surface area contributed by atoms with E-state index in [9.17, 15) is 4.79 Å². The lowest BCUT2D eigenvalue weighted by atomic mass is 10.1. The SMILES string of the molecule is Cc1cccc(-c2nnc(COC(=O)c3cnc(-c4ccccc4Cl)s3)o2)c1. The Labute approximate surface area is 169 Å². The number of thiazole rings is 1. The molecule has 0 amide bonds. The first-order chi connectivity index (χ1) is 13.6. The zero-order valence-corrected chi connectivity index (χ0v) is 16.3. The molecule has 0 bridgehead atoms. The van der Waals surface area contributed by atoms with Crippen molar-refractivity contribution in [1.82, 2.24) is 15.2 Å². The summed E-state index contributed by atoms with van der Waals surface area (Å²) in [6.07, 6.45) is 1.47. The number of aryl methyl sites for hydroxylation is 1. The van der Waals surface area contributed by atoms with Gasteiger partial charge in [0.1, 0.15) is 9.88 Å². The molecule has 0 aliphatic carbocycles. The fraction of sp³-hybridized carbons (Fsp3) is 0.100. The van der Waals surface area contributed by atoms with E-state index >= 15 is 0 Å². The maximum atomic E-state index is 12.3. The molecule has 0 unspecified atom stereocenters. The quantitative estimate of drug-likeness (QED) is 0.421. The van der Waals surface area contributed by atoms with Crippen LogP contribution in [0.4, 0.5) is 0 Å². The van der Waals surface area contributed by atoms with Crippen LogP contribution in [-0.2, 0) is 11.3 Å². The van der Waals surface area contributed by atoms with Crippen LogP contribution in [0.5, 0.6) is 0 Å². The van der Waals surface area contributed by atoms with Gasteiger partial charge in [-0.15, -0.1) is 21.5 Å². The van der Waals surface area contributed by atoms with Gasteiger partial charge in [0.2, 0.25) is 5.89 Å². The first-order valence-corrected chi connectivity index (χ1v) is 9.57. The van der Waals surface area contributed by atoms with Crippen LogP contribution in [0.1, 0.15) is 21.1 Å². The molecule has 0 saturated heterocycles. The Balaban J connectivity index is 1.42. The second-order valence-electron chi connectivity index (χ2n) is 5.96. The summed E-state index contributed by atoms with van der Waals surface area (Å²) in [5, 5.41) is 9.15. The largest absolute Gasteiger partial charge is 0.451 e. The second kappa shape index (κ2) is 7.92. The average Bonchev–Trinajstić information content (AvgIpc) is 3.36. The minimum atomic E-state index is -0.508. The van der Waals surface area contributed by atoms with Crippen molar-refractivity contribution in [3.63, 3.8) is 0 Å². The third-order valence-corrected chi connectivity index (χ3v) is 5.21. The molecule has 140 valence electrons. The summed E-state index contributed by atoms with van der Waals surface area (Å²) >= 11 is 7.38. The summed E-state index contributed by atoms with van der Waals surface area (Å²) in [6.45, 7) is 1.87. The Morgan fingerprint density at radius 3 is 2.86 bits per heavy atom. The van der Waals surface area contributed by atoms with E-state index in [0.29, 0.717) is 20.8 Å². The molecule has 0 fully saturated rings. The van der Waals surface area contributed by atoms with Crippen molar-refractivity contribution in [2.45, 2.75) is 13.5 Å². The smallest absolute Gasteiger partial charge is 0.350 e. The lowest BCUT2D eigenvalue weighted by Gasteiger charge is -1.99. The number of carbonyl (C=O) groups excluding carboxylic acids is 1. The van der Waals surface area contributed by atoms with Crippen molar-refractivity contribution < 1.29 is 13.9 Å². The first kappa shape index (κ1) is 18.3. The number of benzene rings is 2. The van der Waals surface area contributed by atoms with E-state index in [-0.39, 0.29) is 12.5 Å². The van der Waals surface area contributed by atoms with E-state index in [1.807, 2.05) is 49.4 Å². The maximum Gasteiger partial charge on any atom is 0.350 e. The van der Waals surface area contributed by atoms with Crippen LogP contribution in [0.15, 0.2) is 59.1 Å². The standard InChI is InChI=1S/C20H14ClN3O3S/c1-12-5-4-6-13(9-12)18-24-23-17(27-18)11-26-20(25)16-10-22-19(28-16)14-7-2-3-8-15(14)21/h2-10H,11H2,1H3. The van der Waals surface area contributed by atoms with Crippen molar-refractivity contribution in [2.24, 2.45) is 0 Å². The lowest BCUT2D eigenvalue weighted by molar-refractivity contribution is 0.0444. The highest BCUT2D eigenvalue weighted by molar-refractivity contribution is 7.16. The minimum Gasteiger partial charge on any atom is -0.451 e. The molecule has 6 nitrogen and oxygen atoms in total. The van der Waals surface area contributed by atoms with Crippen molar-refractivity contribution in [2.75, 3.05) is 0 Å². The van der Waals surface area contributed by atoms with E-state index in [1.165, 1.54) is 17.5 Å². The molecular formula is C20H14ClN3O3S. The summed E-state index contributed by atoms with van der Waals surface area (Å²) in [5.74, 6) is 0.0975. The molecule has 0 atom stereocenters. The van der Waals surface area contributed by atoms with E-state index < -0.39 is 5.97 Å². The predicted octanol–water partition coefficient (Wildman–Crippen LogP) is 5.18. The van der Waals surface area contributed by atoms with Crippen LogP contribution in [-0.4, -0.2) is 21.2 Å². The molecule has 2 aromatic heterocycles. The molecule has 0 saturated carbocycles. The normalized spacial score (nSPS) is 10.8. The van der Waals surface area contributed by atoms with Gasteiger partial charge < -0.3 is 9.15 Å². The molecular weight excluding hydrogens is 398 g/mol. The number of halogens is 1. The van der Waals surface area contributed by atoms with Gasteiger partial charge in [-0.3, -0.25) is 0 Å². The number of hydrogen-bond acceptors (Lipinski definition) is 7. The zero-order valence-electron chi connectivity index (χ0n) is 14.8. The Bertz CT molecular complexity index is 1140. The summed E-state index contributed by atoms with van der Waals surface area (Å²) < 4.78 is 10.8.